The van der Waals surface area contributed by atoms with E-state index in [9.17, 15) is 18.3 Å². The number of nitrogens with one attached hydrogen (secondary N) is 1. The molecule has 8 heteroatoms. The molecule has 1 aromatic rings. The molecule has 0 bridgehead atoms. The molecule has 0 unspecified atom stereocenters. The summed E-state index contributed by atoms with van der Waals surface area (Å²) in [6.07, 6.45) is 0. The summed E-state index contributed by atoms with van der Waals surface area (Å²) in [5.41, 5.74) is 5.81. The second-order valence-electron chi connectivity index (χ2n) is 3.39. The number of amides is 1. The van der Waals surface area contributed by atoms with Crippen molar-refractivity contribution in [3.05, 3.63) is 23.8 Å². The van der Waals surface area contributed by atoms with Gasteiger partial charge in [-0.1, -0.05) is 0 Å². The molecule has 0 fully saturated rings. The van der Waals surface area contributed by atoms with Crippen molar-refractivity contribution >= 4 is 21.6 Å². The summed E-state index contributed by atoms with van der Waals surface area (Å²) >= 11 is 0. The van der Waals surface area contributed by atoms with Crippen LogP contribution >= 0.6 is 0 Å². The van der Waals surface area contributed by atoms with Gasteiger partial charge in [0, 0.05) is 12.2 Å². The number of phenolic OH excluding ortho intramolecular Hbond substituents is 1. The van der Waals surface area contributed by atoms with Crippen LogP contribution < -0.4 is 16.2 Å². The molecule has 0 radical (unpaired) electrons. The number of nitrogens with two attached hydrogens (primary N) is 2. The number of benzene rings is 1. The lowest BCUT2D eigenvalue weighted by atomic mass is 10.1. The van der Waals surface area contributed by atoms with Crippen LogP contribution in [0.3, 0.4) is 0 Å². The minimum absolute atomic E-state index is 0.0828. The highest BCUT2D eigenvalue weighted by atomic mass is 32.2. The lowest BCUT2D eigenvalue weighted by Gasteiger charge is -2.07. The highest BCUT2D eigenvalue weighted by Crippen LogP contribution is 2.17. The predicted molar refractivity (Wildman–Crippen MR) is 62.8 cm³/mol. The third-order valence-corrected chi connectivity index (χ3v) is 2.73. The Morgan fingerprint density at radius 2 is 2.06 bits per heavy atom. The number of primary sulfonamides is 1. The minimum Gasteiger partial charge on any atom is -0.508 e. The number of hydrogen-bond donors (Lipinski definition) is 4. The zero-order valence-corrected chi connectivity index (χ0v) is 9.70. The van der Waals surface area contributed by atoms with Gasteiger partial charge in [-0.3, -0.25) is 4.79 Å². The maximum absolute atomic E-state index is 11.6. The van der Waals surface area contributed by atoms with Crippen LogP contribution in [-0.4, -0.2) is 31.7 Å². The smallest absolute Gasteiger partial charge is 0.253 e. The topological polar surface area (TPSA) is 136 Å². The van der Waals surface area contributed by atoms with Gasteiger partial charge in [0.25, 0.3) is 5.91 Å². The van der Waals surface area contributed by atoms with Crippen molar-refractivity contribution in [3.63, 3.8) is 0 Å². The van der Waals surface area contributed by atoms with Gasteiger partial charge in [0.15, 0.2) is 0 Å². The van der Waals surface area contributed by atoms with Gasteiger partial charge in [0.05, 0.1) is 11.3 Å². The van der Waals surface area contributed by atoms with E-state index >= 15 is 0 Å². The van der Waals surface area contributed by atoms with Gasteiger partial charge < -0.3 is 16.2 Å². The molecule has 0 heterocycles. The highest BCUT2D eigenvalue weighted by Gasteiger charge is 2.11. The Hall–Kier alpha value is -1.80. The summed E-state index contributed by atoms with van der Waals surface area (Å²) in [5.74, 6) is -1.03. The molecule has 6 N–H and O–H groups in total. The molecule has 1 rings (SSSR count). The molecule has 0 spiro atoms. The summed E-state index contributed by atoms with van der Waals surface area (Å²) < 4.78 is 21.3. The van der Waals surface area contributed by atoms with E-state index in [4.69, 9.17) is 10.9 Å². The van der Waals surface area contributed by atoms with Gasteiger partial charge >= 0.3 is 0 Å². The van der Waals surface area contributed by atoms with E-state index in [-0.39, 0.29) is 29.3 Å². The van der Waals surface area contributed by atoms with E-state index in [1.807, 2.05) is 0 Å². The highest BCUT2D eigenvalue weighted by molar-refractivity contribution is 7.89. The van der Waals surface area contributed by atoms with E-state index in [0.29, 0.717) is 0 Å². The van der Waals surface area contributed by atoms with E-state index in [2.05, 4.69) is 5.32 Å². The van der Waals surface area contributed by atoms with E-state index in [1.165, 1.54) is 18.2 Å². The molecule has 0 saturated heterocycles. The van der Waals surface area contributed by atoms with Crippen molar-refractivity contribution in [3.8, 4) is 5.75 Å². The van der Waals surface area contributed by atoms with Gasteiger partial charge in [-0.15, -0.1) is 0 Å². The average Bonchev–Trinajstić information content (AvgIpc) is 2.19. The Bertz CT molecular complexity index is 527. The number of aromatic hydroxyl groups is 1. The lowest BCUT2D eigenvalue weighted by Crippen LogP contribution is -2.31. The monoisotopic (exact) mass is 259 g/mol. The van der Waals surface area contributed by atoms with Crippen LogP contribution in [0.4, 0.5) is 5.69 Å². The van der Waals surface area contributed by atoms with Crippen LogP contribution in [0.25, 0.3) is 0 Å². The molecule has 0 aliphatic rings. The molecular formula is C9H13N3O4S. The van der Waals surface area contributed by atoms with Crippen LogP contribution in [0.2, 0.25) is 0 Å². The molecule has 0 saturated carbocycles. The molecule has 0 aliphatic heterocycles. The van der Waals surface area contributed by atoms with Gasteiger partial charge in [-0.2, -0.15) is 0 Å². The van der Waals surface area contributed by atoms with Crippen molar-refractivity contribution < 1.29 is 18.3 Å². The quantitative estimate of drug-likeness (QED) is 0.406. The number of carbonyl (C=O) groups is 1. The van der Waals surface area contributed by atoms with Crippen LogP contribution in [0.15, 0.2) is 18.2 Å². The summed E-state index contributed by atoms with van der Waals surface area (Å²) in [6, 6.07) is 3.92. The predicted octanol–water partition coefficient (Wildman–Crippen LogP) is -1.01. The normalized spacial score (nSPS) is 11.1. The zero-order valence-electron chi connectivity index (χ0n) is 8.88. The average molecular weight is 259 g/mol. The number of carbonyl (C=O) groups excluding carboxylic acids is 1. The maximum atomic E-state index is 11.6. The van der Waals surface area contributed by atoms with Crippen molar-refractivity contribution in [1.29, 1.82) is 0 Å². The van der Waals surface area contributed by atoms with Crippen molar-refractivity contribution in [2.24, 2.45) is 5.14 Å². The number of hydrogen-bond acceptors (Lipinski definition) is 5. The summed E-state index contributed by atoms with van der Waals surface area (Å²) in [7, 11) is -3.62. The van der Waals surface area contributed by atoms with Gasteiger partial charge in [0.2, 0.25) is 10.0 Å². The van der Waals surface area contributed by atoms with Gasteiger partial charge in [0.1, 0.15) is 5.75 Å². The first kappa shape index (κ1) is 13.3. The zero-order chi connectivity index (χ0) is 13.1. The van der Waals surface area contributed by atoms with Crippen molar-refractivity contribution in [2.75, 3.05) is 18.0 Å². The molecule has 0 atom stereocenters. The Balaban J connectivity index is 2.67. The molecule has 0 aromatic heterocycles. The van der Waals surface area contributed by atoms with E-state index in [0.717, 1.165) is 0 Å². The number of sulfonamides is 1. The maximum Gasteiger partial charge on any atom is 0.253 e. The third-order valence-electron chi connectivity index (χ3n) is 1.95. The first-order valence-corrected chi connectivity index (χ1v) is 6.38. The molecule has 17 heavy (non-hydrogen) atoms. The molecule has 7 nitrogen and oxygen atoms in total. The summed E-state index contributed by atoms with van der Waals surface area (Å²) in [5, 5.41) is 16.3. The van der Waals surface area contributed by atoms with E-state index < -0.39 is 15.9 Å². The van der Waals surface area contributed by atoms with Crippen LogP contribution in [0.1, 0.15) is 10.4 Å². The fourth-order valence-electron chi connectivity index (χ4n) is 1.14. The SMILES string of the molecule is Nc1ccc(O)cc1C(=O)NCCS(N)(=O)=O. The lowest BCUT2D eigenvalue weighted by molar-refractivity contribution is 0.0956. The number of nitrogen functional groups attached to an aromatic ring is 1. The van der Waals surface area contributed by atoms with Crippen LogP contribution in [0, 0.1) is 0 Å². The number of rotatable bonds is 4. The summed E-state index contributed by atoms with van der Waals surface area (Å²) in [4.78, 5) is 11.6. The Morgan fingerprint density at radius 1 is 1.41 bits per heavy atom. The largest absolute Gasteiger partial charge is 0.508 e. The third kappa shape index (κ3) is 4.29. The van der Waals surface area contributed by atoms with Crippen molar-refractivity contribution in [2.45, 2.75) is 0 Å². The minimum atomic E-state index is -3.62. The Labute approximate surface area is 98.5 Å². The Morgan fingerprint density at radius 3 is 2.65 bits per heavy atom. The number of phenols is 1. The molecule has 94 valence electrons. The first-order chi connectivity index (χ1) is 7.79. The molecule has 1 aromatic carbocycles. The number of anilines is 1. The van der Waals surface area contributed by atoms with Gasteiger partial charge in [-0.05, 0) is 18.2 Å². The standard InChI is InChI=1S/C9H13N3O4S/c10-8-2-1-6(13)5-7(8)9(14)12-3-4-17(11,15)16/h1-2,5,13H,3-4,10H2,(H,12,14)(H2,11,15,16). The molecule has 0 aliphatic carbocycles. The van der Waals surface area contributed by atoms with Gasteiger partial charge in [-0.25, -0.2) is 13.6 Å². The molecule has 1 amide bonds. The van der Waals surface area contributed by atoms with E-state index in [1.54, 1.807) is 0 Å². The second kappa shape index (κ2) is 5.02. The van der Waals surface area contributed by atoms with Crippen LogP contribution in [0.5, 0.6) is 5.75 Å². The second-order valence-corrected chi connectivity index (χ2v) is 5.13. The van der Waals surface area contributed by atoms with Crippen LogP contribution in [-0.2, 0) is 10.0 Å². The Kier molecular flexibility index (Phi) is 3.92. The fraction of sp³-hybridized carbons (Fsp3) is 0.222. The van der Waals surface area contributed by atoms with Crippen molar-refractivity contribution in [1.82, 2.24) is 5.32 Å². The first-order valence-electron chi connectivity index (χ1n) is 4.67. The molecular weight excluding hydrogens is 246 g/mol. The summed E-state index contributed by atoms with van der Waals surface area (Å²) in [6.45, 7) is -0.118. The fourth-order valence-corrected chi connectivity index (χ4v) is 1.53.